The second kappa shape index (κ2) is 6.56. The minimum Gasteiger partial charge on any atom is -0.497 e. The lowest BCUT2D eigenvalue weighted by molar-refractivity contribution is -0.133. The molecule has 134 valence electrons. The summed E-state index contributed by atoms with van der Waals surface area (Å²) in [6.07, 6.45) is 2.19. The van der Waals surface area contributed by atoms with E-state index in [4.69, 9.17) is 9.84 Å². The molecule has 0 radical (unpaired) electrons. The number of hydrogen-bond acceptors (Lipinski definition) is 3. The average Bonchev–Trinajstić information content (AvgIpc) is 3.07. The van der Waals surface area contributed by atoms with E-state index in [1.54, 1.807) is 24.3 Å². The summed E-state index contributed by atoms with van der Waals surface area (Å²) >= 11 is 0. The normalized spacial score (nSPS) is 21.0. The van der Waals surface area contributed by atoms with Crippen molar-refractivity contribution in [2.75, 3.05) is 7.11 Å². The zero-order chi connectivity index (χ0) is 18.3. The number of amides is 1. The summed E-state index contributed by atoms with van der Waals surface area (Å²) in [6.45, 7) is 1.84. The summed E-state index contributed by atoms with van der Waals surface area (Å²) in [5.41, 5.74) is 4.16. The molecule has 4 nitrogen and oxygen atoms in total. The van der Waals surface area contributed by atoms with Gasteiger partial charge in [0.05, 0.1) is 18.9 Å². The molecule has 2 aliphatic rings. The number of hydrazone groups is 1. The fourth-order valence-electron chi connectivity index (χ4n) is 3.99. The van der Waals surface area contributed by atoms with Crippen LogP contribution in [0.25, 0.3) is 0 Å². The summed E-state index contributed by atoms with van der Waals surface area (Å²) in [6, 6.07) is 12.3. The van der Waals surface area contributed by atoms with Crippen LogP contribution in [0.3, 0.4) is 0 Å². The molecule has 2 atom stereocenters. The van der Waals surface area contributed by atoms with Gasteiger partial charge in [0.25, 0.3) is 0 Å². The van der Waals surface area contributed by atoms with E-state index < -0.39 is 0 Å². The highest BCUT2D eigenvalue weighted by Gasteiger charge is 2.43. The second-order valence-corrected chi connectivity index (χ2v) is 6.74. The Labute approximate surface area is 152 Å². The Morgan fingerprint density at radius 1 is 1.27 bits per heavy atom. The summed E-state index contributed by atoms with van der Waals surface area (Å²) in [5.74, 6) is 0.660. The van der Waals surface area contributed by atoms with E-state index in [0.29, 0.717) is 6.42 Å². The SMILES string of the molecule is CCC(=O)N1N=C2c3ccc(OC)cc3CC[C@@H]2[C@H]1c1ccc(F)cc1. The molecule has 2 aromatic carbocycles. The van der Waals surface area contributed by atoms with Crippen molar-refractivity contribution in [1.29, 1.82) is 0 Å². The number of aryl methyl sites for hydroxylation is 1. The van der Waals surface area contributed by atoms with Gasteiger partial charge >= 0.3 is 0 Å². The fraction of sp³-hybridized carbons (Fsp3) is 0.333. The fourth-order valence-corrected chi connectivity index (χ4v) is 3.99. The zero-order valence-corrected chi connectivity index (χ0v) is 14.9. The number of fused-ring (bicyclic) bond motifs is 3. The monoisotopic (exact) mass is 352 g/mol. The van der Waals surface area contributed by atoms with E-state index >= 15 is 0 Å². The van der Waals surface area contributed by atoms with Gasteiger partial charge in [0.1, 0.15) is 11.6 Å². The Kier molecular flexibility index (Phi) is 4.23. The van der Waals surface area contributed by atoms with Gasteiger partial charge in [0.15, 0.2) is 0 Å². The molecule has 0 saturated carbocycles. The van der Waals surface area contributed by atoms with Crippen molar-refractivity contribution in [3.8, 4) is 5.75 Å². The van der Waals surface area contributed by atoms with Crippen molar-refractivity contribution in [3.63, 3.8) is 0 Å². The first kappa shape index (κ1) is 16.8. The first-order valence-electron chi connectivity index (χ1n) is 8.95. The van der Waals surface area contributed by atoms with Crippen LogP contribution in [0.1, 0.15) is 42.5 Å². The van der Waals surface area contributed by atoms with Gasteiger partial charge in [0.2, 0.25) is 5.91 Å². The Balaban J connectivity index is 1.78. The summed E-state index contributed by atoms with van der Waals surface area (Å²) in [7, 11) is 1.66. The molecule has 2 aromatic rings. The van der Waals surface area contributed by atoms with Crippen LogP contribution < -0.4 is 4.74 Å². The molecule has 26 heavy (non-hydrogen) atoms. The van der Waals surface area contributed by atoms with Crippen LogP contribution in [0.2, 0.25) is 0 Å². The molecule has 0 spiro atoms. The number of halogens is 1. The van der Waals surface area contributed by atoms with Crippen molar-refractivity contribution >= 4 is 11.6 Å². The smallest absolute Gasteiger partial charge is 0.242 e. The molecule has 0 N–H and O–H groups in total. The van der Waals surface area contributed by atoms with Crippen LogP contribution >= 0.6 is 0 Å². The van der Waals surface area contributed by atoms with Gasteiger partial charge in [-0.05, 0) is 54.3 Å². The van der Waals surface area contributed by atoms with Crippen LogP contribution in [0.5, 0.6) is 5.75 Å². The van der Waals surface area contributed by atoms with Crippen LogP contribution in [0, 0.1) is 11.7 Å². The Morgan fingerprint density at radius 2 is 2.04 bits per heavy atom. The minimum atomic E-state index is -0.276. The first-order chi connectivity index (χ1) is 12.6. The number of ether oxygens (including phenoxy) is 1. The Morgan fingerprint density at radius 3 is 2.73 bits per heavy atom. The molecule has 0 saturated heterocycles. The number of hydrogen-bond donors (Lipinski definition) is 0. The number of nitrogens with zero attached hydrogens (tertiary/aromatic N) is 2. The van der Waals surface area contributed by atoms with Crippen molar-refractivity contribution < 1.29 is 13.9 Å². The molecule has 0 unspecified atom stereocenters. The van der Waals surface area contributed by atoms with E-state index in [0.717, 1.165) is 35.4 Å². The summed E-state index contributed by atoms with van der Waals surface area (Å²) in [4.78, 5) is 12.5. The van der Waals surface area contributed by atoms with Crippen molar-refractivity contribution in [2.45, 2.75) is 32.2 Å². The third kappa shape index (κ3) is 2.68. The average molecular weight is 352 g/mol. The molecule has 5 heteroatoms. The van der Waals surface area contributed by atoms with Crippen LogP contribution in [0.15, 0.2) is 47.6 Å². The van der Waals surface area contributed by atoms with Crippen molar-refractivity contribution in [1.82, 2.24) is 5.01 Å². The van der Waals surface area contributed by atoms with E-state index in [1.165, 1.54) is 17.7 Å². The van der Waals surface area contributed by atoms with Gasteiger partial charge in [-0.15, -0.1) is 0 Å². The van der Waals surface area contributed by atoms with Gasteiger partial charge in [-0.25, -0.2) is 9.40 Å². The highest BCUT2D eigenvalue weighted by atomic mass is 19.1. The summed E-state index contributed by atoms with van der Waals surface area (Å²) < 4.78 is 18.7. The first-order valence-corrected chi connectivity index (χ1v) is 8.95. The van der Waals surface area contributed by atoms with Gasteiger partial charge in [-0.3, -0.25) is 4.79 Å². The van der Waals surface area contributed by atoms with Crippen LogP contribution in [-0.2, 0) is 11.2 Å². The highest BCUT2D eigenvalue weighted by molar-refractivity contribution is 6.07. The maximum Gasteiger partial charge on any atom is 0.242 e. The predicted molar refractivity (Wildman–Crippen MR) is 97.6 cm³/mol. The second-order valence-electron chi connectivity index (χ2n) is 6.74. The van der Waals surface area contributed by atoms with Gasteiger partial charge in [0, 0.05) is 17.9 Å². The minimum absolute atomic E-state index is 0.0173. The standard InChI is InChI=1S/C21H21FN2O2/c1-3-19(25)24-21(13-4-7-15(22)8-5-13)18-10-6-14-12-16(26-2)9-11-17(14)20(18)23-24/h4-5,7-9,11-12,18,21H,3,6,10H2,1-2H3/t18-,21+/m0/s1. The number of carbonyl (C=O) groups excluding carboxylic acids is 1. The highest BCUT2D eigenvalue weighted by Crippen LogP contribution is 2.44. The molecule has 0 bridgehead atoms. The Hall–Kier alpha value is -2.69. The third-order valence-corrected chi connectivity index (χ3v) is 5.29. The van der Waals surface area contributed by atoms with Crippen molar-refractivity contribution in [2.24, 2.45) is 11.0 Å². The van der Waals surface area contributed by atoms with Crippen LogP contribution in [0.4, 0.5) is 4.39 Å². The molecule has 0 fully saturated rings. The molecule has 4 rings (SSSR count). The Bertz CT molecular complexity index is 876. The van der Waals surface area contributed by atoms with Crippen LogP contribution in [-0.4, -0.2) is 23.7 Å². The largest absolute Gasteiger partial charge is 0.497 e. The third-order valence-electron chi connectivity index (χ3n) is 5.29. The number of rotatable bonds is 3. The quantitative estimate of drug-likeness (QED) is 0.835. The maximum absolute atomic E-state index is 13.4. The number of benzene rings is 2. The lowest BCUT2D eigenvalue weighted by Crippen LogP contribution is -2.31. The molecule has 1 aliphatic carbocycles. The van der Waals surface area contributed by atoms with E-state index in [-0.39, 0.29) is 23.7 Å². The molecule has 1 heterocycles. The summed E-state index contributed by atoms with van der Waals surface area (Å²) in [5, 5.41) is 6.33. The van der Waals surface area contributed by atoms with Crippen molar-refractivity contribution in [3.05, 3.63) is 65.0 Å². The van der Waals surface area contributed by atoms with E-state index in [9.17, 15) is 9.18 Å². The van der Waals surface area contributed by atoms with E-state index in [2.05, 4.69) is 0 Å². The molecule has 1 aliphatic heterocycles. The predicted octanol–water partition coefficient (Wildman–Crippen LogP) is 4.09. The zero-order valence-electron chi connectivity index (χ0n) is 14.9. The topological polar surface area (TPSA) is 41.9 Å². The number of carbonyl (C=O) groups is 1. The van der Waals surface area contributed by atoms with Gasteiger partial charge in [-0.1, -0.05) is 19.1 Å². The molecule has 0 aromatic heterocycles. The maximum atomic E-state index is 13.4. The molecule has 1 amide bonds. The number of methoxy groups -OCH3 is 1. The molecular weight excluding hydrogens is 331 g/mol. The van der Waals surface area contributed by atoms with E-state index in [1.807, 2.05) is 25.1 Å². The lowest BCUT2D eigenvalue weighted by atomic mass is 9.77. The van der Waals surface area contributed by atoms with Gasteiger partial charge < -0.3 is 4.74 Å². The molecular formula is C21H21FN2O2. The lowest BCUT2D eigenvalue weighted by Gasteiger charge is -2.29. The van der Waals surface area contributed by atoms with Gasteiger partial charge in [-0.2, -0.15) is 5.10 Å².